The van der Waals surface area contributed by atoms with Gasteiger partial charge in [-0.1, -0.05) is 45.0 Å². The molecular weight excluding hydrogens is 184 g/mol. The maximum atomic E-state index is 9.20. The first kappa shape index (κ1) is 12.3. The molecule has 0 spiro atoms. The van der Waals surface area contributed by atoms with Crippen LogP contribution in [-0.4, -0.2) is 11.2 Å². The van der Waals surface area contributed by atoms with E-state index in [1.165, 1.54) is 11.1 Å². The topological polar surface area (TPSA) is 20.2 Å². The van der Waals surface area contributed by atoms with E-state index in [2.05, 4.69) is 45.0 Å². The molecule has 0 saturated heterocycles. The molecule has 0 aliphatic rings. The molecule has 1 nitrogen and oxygen atoms in total. The van der Waals surface area contributed by atoms with Crippen LogP contribution in [0.15, 0.2) is 24.3 Å². The van der Waals surface area contributed by atoms with Crippen LogP contribution in [0.25, 0.3) is 0 Å². The second-order valence-electron chi connectivity index (χ2n) is 5.33. The predicted octanol–water partition coefficient (Wildman–Crippen LogP) is 3.30. The number of hydrogen-bond donors (Lipinski definition) is 1. The molecule has 0 aliphatic heterocycles. The van der Waals surface area contributed by atoms with Gasteiger partial charge in [0, 0.05) is 0 Å². The summed E-state index contributed by atoms with van der Waals surface area (Å²) in [7, 11) is 0. The summed E-state index contributed by atoms with van der Waals surface area (Å²) >= 11 is 0. The molecule has 0 amide bonds. The van der Waals surface area contributed by atoms with Crippen molar-refractivity contribution in [1.29, 1.82) is 0 Å². The van der Waals surface area contributed by atoms with Gasteiger partial charge in [0.15, 0.2) is 0 Å². The highest BCUT2D eigenvalue weighted by molar-refractivity contribution is 5.27. The van der Waals surface area contributed by atoms with Crippen LogP contribution in [0.1, 0.15) is 45.2 Å². The summed E-state index contributed by atoms with van der Waals surface area (Å²) in [5.41, 5.74) is 2.90. The molecule has 1 aromatic carbocycles. The maximum Gasteiger partial charge on any atom is 0.0515 e. The summed E-state index contributed by atoms with van der Waals surface area (Å²) in [5.74, 6) is 0. The van der Waals surface area contributed by atoms with Gasteiger partial charge >= 0.3 is 0 Å². The van der Waals surface area contributed by atoms with E-state index >= 15 is 0 Å². The Morgan fingerprint density at radius 3 is 2.07 bits per heavy atom. The Balaban J connectivity index is 2.65. The molecule has 1 atom stereocenters. The molecule has 0 saturated carbocycles. The number of benzene rings is 1. The monoisotopic (exact) mass is 206 g/mol. The standard InChI is InChI=1S/C14H22O/c1-11(15)5-6-12-7-9-13(10-8-12)14(2,3)4/h7-11,15H,5-6H2,1-4H3. The van der Waals surface area contributed by atoms with Crippen molar-refractivity contribution in [2.45, 2.75) is 52.1 Å². The van der Waals surface area contributed by atoms with Crippen LogP contribution in [0.4, 0.5) is 0 Å². The summed E-state index contributed by atoms with van der Waals surface area (Å²) in [4.78, 5) is 0. The molecule has 1 rings (SSSR count). The second kappa shape index (κ2) is 4.80. The molecule has 0 bridgehead atoms. The normalized spacial score (nSPS) is 13.9. The van der Waals surface area contributed by atoms with Gasteiger partial charge in [-0.25, -0.2) is 0 Å². The number of rotatable bonds is 3. The van der Waals surface area contributed by atoms with Crippen molar-refractivity contribution in [1.82, 2.24) is 0 Å². The number of hydrogen-bond acceptors (Lipinski definition) is 1. The van der Waals surface area contributed by atoms with E-state index in [9.17, 15) is 5.11 Å². The summed E-state index contributed by atoms with van der Waals surface area (Å²) in [6.45, 7) is 8.50. The van der Waals surface area contributed by atoms with Gasteiger partial charge in [0.2, 0.25) is 0 Å². The Hall–Kier alpha value is -0.820. The van der Waals surface area contributed by atoms with Crippen LogP contribution in [0.2, 0.25) is 0 Å². The predicted molar refractivity (Wildman–Crippen MR) is 65.1 cm³/mol. The van der Waals surface area contributed by atoms with Gasteiger partial charge in [0.25, 0.3) is 0 Å². The highest BCUT2D eigenvalue weighted by Gasteiger charge is 2.12. The third-order valence-corrected chi connectivity index (χ3v) is 2.67. The molecule has 1 unspecified atom stereocenters. The second-order valence-corrected chi connectivity index (χ2v) is 5.33. The molecule has 1 heteroatoms. The zero-order valence-corrected chi connectivity index (χ0v) is 10.2. The van der Waals surface area contributed by atoms with E-state index in [4.69, 9.17) is 0 Å². The lowest BCUT2D eigenvalue weighted by molar-refractivity contribution is 0.185. The molecule has 0 heterocycles. The minimum Gasteiger partial charge on any atom is -0.393 e. The van der Waals surface area contributed by atoms with Crippen LogP contribution in [0.3, 0.4) is 0 Å². The summed E-state index contributed by atoms with van der Waals surface area (Å²) in [6, 6.07) is 8.72. The van der Waals surface area contributed by atoms with Crippen molar-refractivity contribution in [3.8, 4) is 0 Å². The van der Waals surface area contributed by atoms with Crippen LogP contribution >= 0.6 is 0 Å². The molecule has 1 aromatic rings. The lowest BCUT2D eigenvalue weighted by Crippen LogP contribution is -2.10. The van der Waals surface area contributed by atoms with Crippen LogP contribution in [0, 0.1) is 0 Å². The summed E-state index contributed by atoms with van der Waals surface area (Å²) in [6.07, 6.45) is 1.60. The van der Waals surface area contributed by atoms with Gasteiger partial charge in [0.1, 0.15) is 0 Å². The van der Waals surface area contributed by atoms with Gasteiger partial charge in [-0.3, -0.25) is 0 Å². The summed E-state index contributed by atoms with van der Waals surface area (Å²) in [5, 5.41) is 9.20. The lowest BCUT2D eigenvalue weighted by Gasteiger charge is -2.19. The number of aliphatic hydroxyl groups is 1. The molecule has 1 N–H and O–H groups in total. The average molecular weight is 206 g/mol. The first-order valence-electron chi connectivity index (χ1n) is 5.67. The molecule has 84 valence electrons. The average Bonchev–Trinajstić information content (AvgIpc) is 2.14. The molecular formula is C14H22O. The van der Waals surface area contributed by atoms with Gasteiger partial charge in [-0.05, 0) is 36.3 Å². The Labute approximate surface area is 93.1 Å². The van der Waals surface area contributed by atoms with E-state index < -0.39 is 0 Å². The fourth-order valence-corrected chi connectivity index (χ4v) is 1.55. The van der Waals surface area contributed by atoms with E-state index in [1.807, 2.05) is 6.92 Å². The fourth-order valence-electron chi connectivity index (χ4n) is 1.55. The maximum absolute atomic E-state index is 9.20. The van der Waals surface area contributed by atoms with Crippen molar-refractivity contribution in [3.05, 3.63) is 35.4 Å². The Bertz CT molecular complexity index is 290. The molecule has 0 fully saturated rings. The zero-order valence-electron chi connectivity index (χ0n) is 10.2. The third-order valence-electron chi connectivity index (χ3n) is 2.67. The van der Waals surface area contributed by atoms with E-state index in [0.29, 0.717) is 0 Å². The van der Waals surface area contributed by atoms with E-state index in [-0.39, 0.29) is 11.5 Å². The van der Waals surface area contributed by atoms with Gasteiger partial charge in [-0.2, -0.15) is 0 Å². The number of aryl methyl sites for hydroxylation is 1. The first-order chi connectivity index (χ1) is 6.89. The third kappa shape index (κ3) is 4.05. The minimum absolute atomic E-state index is 0.202. The highest BCUT2D eigenvalue weighted by Crippen LogP contribution is 2.22. The Morgan fingerprint density at radius 1 is 1.13 bits per heavy atom. The van der Waals surface area contributed by atoms with Crippen LogP contribution in [-0.2, 0) is 11.8 Å². The van der Waals surface area contributed by atoms with Crippen molar-refractivity contribution in [2.24, 2.45) is 0 Å². The van der Waals surface area contributed by atoms with Crippen molar-refractivity contribution in [2.75, 3.05) is 0 Å². The SMILES string of the molecule is CC(O)CCc1ccc(C(C)(C)C)cc1. The fraction of sp³-hybridized carbons (Fsp3) is 0.571. The zero-order chi connectivity index (χ0) is 11.5. The van der Waals surface area contributed by atoms with E-state index in [0.717, 1.165) is 12.8 Å². The quantitative estimate of drug-likeness (QED) is 0.804. The van der Waals surface area contributed by atoms with Crippen molar-refractivity contribution < 1.29 is 5.11 Å². The van der Waals surface area contributed by atoms with Crippen molar-refractivity contribution >= 4 is 0 Å². The molecule has 0 aliphatic carbocycles. The lowest BCUT2D eigenvalue weighted by atomic mass is 9.86. The van der Waals surface area contributed by atoms with Crippen molar-refractivity contribution in [3.63, 3.8) is 0 Å². The van der Waals surface area contributed by atoms with E-state index in [1.54, 1.807) is 0 Å². The Morgan fingerprint density at radius 2 is 1.67 bits per heavy atom. The van der Waals surface area contributed by atoms with Gasteiger partial charge in [0.05, 0.1) is 6.10 Å². The highest BCUT2D eigenvalue weighted by atomic mass is 16.3. The first-order valence-corrected chi connectivity index (χ1v) is 5.67. The Kier molecular flexibility index (Phi) is 3.92. The smallest absolute Gasteiger partial charge is 0.0515 e. The number of aliphatic hydroxyl groups excluding tert-OH is 1. The molecule has 0 radical (unpaired) electrons. The van der Waals surface area contributed by atoms with Gasteiger partial charge in [-0.15, -0.1) is 0 Å². The van der Waals surface area contributed by atoms with Crippen LogP contribution in [0.5, 0.6) is 0 Å². The molecule has 0 aromatic heterocycles. The largest absolute Gasteiger partial charge is 0.393 e. The van der Waals surface area contributed by atoms with Crippen LogP contribution < -0.4 is 0 Å². The molecule has 15 heavy (non-hydrogen) atoms. The minimum atomic E-state index is -0.202. The van der Waals surface area contributed by atoms with Gasteiger partial charge < -0.3 is 5.11 Å². The summed E-state index contributed by atoms with van der Waals surface area (Å²) < 4.78 is 0.